The lowest BCUT2D eigenvalue weighted by Crippen LogP contribution is -2.11. The molecule has 7 heteroatoms. The van der Waals surface area contributed by atoms with Gasteiger partial charge in [0.25, 0.3) is 0 Å². The van der Waals surface area contributed by atoms with Gasteiger partial charge in [0.1, 0.15) is 23.0 Å². The Morgan fingerprint density at radius 3 is 2.67 bits per heavy atom. The number of nitro groups is 1. The zero-order valence-corrected chi connectivity index (χ0v) is 11.8. The van der Waals surface area contributed by atoms with Crippen molar-refractivity contribution in [2.24, 2.45) is 0 Å². The number of esters is 1. The van der Waals surface area contributed by atoms with Gasteiger partial charge in [0.2, 0.25) is 0 Å². The molecule has 2 aromatic rings. The Balaban J connectivity index is 2.25. The molecule has 0 saturated heterocycles. The minimum atomic E-state index is -0.817. The van der Waals surface area contributed by atoms with Crippen molar-refractivity contribution in [3.63, 3.8) is 0 Å². The van der Waals surface area contributed by atoms with Gasteiger partial charge in [-0.25, -0.2) is 9.78 Å². The molecule has 0 aliphatic heterocycles. The summed E-state index contributed by atoms with van der Waals surface area (Å²) in [4.78, 5) is 25.9. The van der Waals surface area contributed by atoms with Gasteiger partial charge in [0.15, 0.2) is 0 Å². The van der Waals surface area contributed by atoms with Crippen molar-refractivity contribution in [2.75, 3.05) is 0 Å². The van der Waals surface area contributed by atoms with Gasteiger partial charge in [-0.2, -0.15) is 0 Å². The number of rotatable bonds is 4. The van der Waals surface area contributed by atoms with E-state index in [-0.39, 0.29) is 10.7 Å². The number of pyridine rings is 1. The number of halogens is 1. The Morgan fingerprint density at radius 1 is 1.38 bits per heavy atom. The molecule has 0 fully saturated rings. The molecule has 2 rings (SSSR count). The maximum absolute atomic E-state index is 12.1. The minimum absolute atomic E-state index is 0.0140. The van der Waals surface area contributed by atoms with E-state index in [0.29, 0.717) is 0 Å². The van der Waals surface area contributed by atoms with Crippen LogP contribution < -0.4 is 0 Å². The summed E-state index contributed by atoms with van der Waals surface area (Å²) in [5.74, 6) is -0.817. The summed E-state index contributed by atoms with van der Waals surface area (Å²) >= 11 is 5.68. The topological polar surface area (TPSA) is 82.3 Å². The maximum atomic E-state index is 12.1. The van der Waals surface area contributed by atoms with Crippen LogP contribution in [0.25, 0.3) is 0 Å². The SMILES string of the molecule is CC(OC(=O)c1cc(Cl)ncc1[N+](=O)[O-])c1ccccc1. The molecule has 0 radical (unpaired) electrons. The average molecular weight is 307 g/mol. The summed E-state index contributed by atoms with van der Waals surface area (Å²) in [6, 6.07) is 10.2. The fraction of sp³-hybridized carbons (Fsp3) is 0.143. The van der Waals surface area contributed by atoms with Crippen molar-refractivity contribution in [1.29, 1.82) is 0 Å². The van der Waals surface area contributed by atoms with Crippen molar-refractivity contribution in [2.45, 2.75) is 13.0 Å². The summed E-state index contributed by atoms with van der Waals surface area (Å²) in [6.07, 6.45) is 0.400. The van der Waals surface area contributed by atoms with Gasteiger partial charge in [-0.05, 0) is 18.6 Å². The molecular weight excluding hydrogens is 296 g/mol. The van der Waals surface area contributed by atoms with Crippen LogP contribution in [0.3, 0.4) is 0 Å². The van der Waals surface area contributed by atoms with Crippen LogP contribution in [0.5, 0.6) is 0 Å². The molecule has 21 heavy (non-hydrogen) atoms. The molecule has 0 aliphatic rings. The molecule has 0 bridgehead atoms. The lowest BCUT2D eigenvalue weighted by molar-refractivity contribution is -0.385. The fourth-order valence-corrected chi connectivity index (χ4v) is 1.91. The number of carbonyl (C=O) groups excluding carboxylic acids is 1. The van der Waals surface area contributed by atoms with Crippen LogP contribution in [-0.2, 0) is 4.74 Å². The van der Waals surface area contributed by atoms with Crippen LogP contribution >= 0.6 is 11.6 Å². The van der Waals surface area contributed by atoms with Gasteiger partial charge in [-0.1, -0.05) is 41.9 Å². The Labute approximate surface area is 125 Å². The van der Waals surface area contributed by atoms with Gasteiger partial charge in [-0.3, -0.25) is 10.1 Å². The van der Waals surface area contributed by atoms with Crippen LogP contribution in [0.4, 0.5) is 5.69 Å². The van der Waals surface area contributed by atoms with E-state index in [0.717, 1.165) is 17.8 Å². The van der Waals surface area contributed by atoms with E-state index in [2.05, 4.69) is 4.98 Å². The fourth-order valence-electron chi connectivity index (χ4n) is 1.75. The van der Waals surface area contributed by atoms with Crippen LogP contribution in [0.2, 0.25) is 5.15 Å². The van der Waals surface area contributed by atoms with Gasteiger partial charge in [0, 0.05) is 0 Å². The quantitative estimate of drug-likeness (QED) is 0.373. The van der Waals surface area contributed by atoms with Crippen LogP contribution in [0.15, 0.2) is 42.6 Å². The molecule has 1 heterocycles. The lowest BCUT2D eigenvalue weighted by Gasteiger charge is -2.13. The van der Waals surface area contributed by atoms with Gasteiger partial charge in [-0.15, -0.1) is 0 Å². The van der Waals surface area contributed by atoms with Crippen LogP contribution in [-0.4, -0.2) is 15.9 Å². The summed E-state index contributed by atoms with van der Waals surface area (Å²) < 4.78 is 5.24. The third kappa shape index (κ3) is 3.55. The zero-order valence-electron chi connectivity index (χ0n) is 11.0. The highest BCUT2D eigenvalue weighted by Gasteiger charge is 2.24. The first-order valence-electron chi connectivity index (χ1n) is 6.05. The van der Waals surface area contributed by atoms with E-state index in [9.17, 15) is 14.9 Å². The number of hydrogen-bond acceptors (Lipinski definition) is 5. The molecule has 0 N–H and O–H groups in total. The smallest absolute Gasteiger partial charge is 0.345 e. The van der Waals surface area contributed by atoms with Crippen LogP contribution in [0, 0.1) is 10.1 Å². The molecule has 0 spiro atoms. The molecule has 0 aliphatic carbocycles. The Bertz CT molecular complexity index is 676. The first-order valence-corrected chi connectivity index (χ1v) is 6.42. The molecule has 1 aromatic carbocycles. The van der Waals surface area contributed by atoms with Crippen molar-refractivity contribution >= 4 is 23.3 Å². The van der Waals surface area contributed by atoms with E-state index < -0.39 is 22.7 Å². The molecule has 6 nitrogen and oxygen atoms in total. The number of carbonyl (C=O) groups is 1. The second-order valence-electron chi connectivity index (χ2n) is 4.24. The summed E-state index contributed by atoms with van der Waals surface area (Å²) in [5, 5.41) is 10.9. The van der Waals surface area contributed by atoms with Gasteiger partial charge >= 0.3 is 11.7 Å². The van der Waals surface area contributed by atoms with Gasteiger partial charge < -0.3 is 4.74 Å². The second kappa shape index (κ2) is 6.32. The average Bonchev–Trinajstić information content (AvgIpc) is 2.47. The second-order valence-corrected chi connectivity index (χ2v) is 4.63. The molecule has 1 atom stereocenters. The summed E-state index contributed by atoms with van der Waals surface area (Å²) in [5.41, 5.74) is 0.126. The molecule has 1 aromatic heterocycles. The first kappa shape index (κ1) is 14.9. The number of hydrogen-bond donors (Lipinski definition) is 0. The lowest BCUT2D eigenvalue weighted by atomic mass is 10.1. The first-order chi connectivity index (χ1) is 9.99. The standard InChI is InChI=1S/C14H11ClN2O4/c1-9(10-5-3-2-4-6-10)21-14(18)11-7-13(15)16-8-12(11)17(19)20/h2-9H,1H3. The Morgan fingerprint density at radius 2 is 2.05 bits per heavy atom. The van der Waals surface area contributed by atoms with E-state index in [1.807, 2.05) is 18.2 Å². The van der Waals surface area contributed by atoms with E-state index >= 15 is 0 Å². The zero-order chi connectivity index (χ0) is 15.4. The molecule has 108 valence electrons. The number of ether oxygens (including phenoxy) is 1. The third-order valence-corrected chi connectivity index (χ3v) is 3.03. The monoisotopic (exact) mass is 306 g/mol. The highest BCUT2D eigenvalue weighted by molar-refractivity contribution is 6.29. The van der Waals surface area contributed by atoms with E-state index in [1.54, 1.807) is 19.1 Å². The largest absolute Gasteiger partial charge is 0.454 e. The number of benzene rings is 1. The van der Waals surface area contributed by atoms with Crippen molar-refractivity contribution in [1.82, 2.24) is 4.98 Å². The van der Waals surface area contributed by atoms with Crippen molar-refractivity contribution in [3.8, 4) is 0 Å². The Kier molecular flexibility index (Phi) is 4.49. The number of aromatic nitrogens is 1. The maximum Gasteiger partial charge on any atom is 0.345 e. The van der Waals surface area contributed by atoms with Crippen LogP contribution in [0.1, 0.15) is 28.9 Å². The molecule has 1 unspecified atom stereocenters. The highest BCUT2D eigenvalue weighted by atomic mass is 35.5. The predicted molar refractivity (Wildman–Crippen MR) is 76.2 cm³/mol. The predicted octanol–water partition coefficient (Wildman–Crippen LogP) is 3.56. The summed E-state index contributed by atoms with van der Waals surface area (Å²) in [7, 11) is 0. The van der Waals surface area contributed by atoms with E-state index in [4.69, 9.17) is 16.3 Å². The third-order valence-electron chi connectivity index (χ3n) is 2.82. The normalized spacial score (nSPS) is 11.7. The molecular formula is C14H11ClN2O4. The highest BCUT2D eigenvalue weighted by Crippen LogP contribution is 2.24. The van der Waals surface area contributed by atoms with Crippen molar-refractivity contribution in [3.05, 3.63) is 69.0 Å². The molecule has 0 saturated carbocycles. The Hall–Kier alpha value is -2.47. The summed E-state index contributed by atoms with van der Waals surface area (Å²) in [6.45, 7) is 1.68. The number of nitrogens with zero attached hydrogens (tertiary/aromatic N) is 2. The molecule has 0 amide bonds. The van der Waals surface area contributed by atoms with Gasteiger partial charge in [0.05, 0.1) is 4.92 Å². The van der Waals surface area contributed by atoms with Crippen molar-refractivity contribution < 1.29 is 14.5 Å². The van der Waals surface area contributed by atoms with E-state index in [1.165, 1.54) is 0 Å². The minimum Gasteiger partial charge on any atom is -0.454 e.